The van der Waals surface area contributed by atoms with E-state index in [1.807, 2.05) is 0 Å². The molecule has 2 N–H and O–H groups in total. The van der Waals surface area contributed by atoms with Crippen LogP contribution in [0.4, 0.5) is 13.6 Å². The molecule has 0 atom stereocenters. The van der Waals surface area contributed by atoms with E-state index in [-0.39, 0.29) is 6.54 Å². The summed E-state index contributed by atoms with van der Waals surface area (Å²) in [4.78, 5) is 11.2. The topological polar surface area (TPSA) is 46.3 Å². The first-order valence-electron chi connectivity index (χ1n) is 2.90. The number of hydrogen-bond donors (Lipinski definition) is 1. The number of hydrogen-bond acceptors (Lipinski definition) is 1. The number of primary amides is 1. The molecule has 2 amide bonds. The van der Waals surface area contributed by atoms with Crippen molar-refractivity contribution >= 4 is 6.03 Å². The molecule has 3 nitrogen and oxygen atoms in total. The zero-order chi connectivity index (χ0) is 8.15. The highest BCUT2D eigenvalue weighted by Crippen LogP contribution is 1.96. The summed E-state index contributed by atoms with van der Waals surface area (Å²) in [6.07, 6.45) is -2.51. The average molecular weight is 152 g/mol. The molecule has 0 heterocycles. The Morgan fingerprint density at radius 1 is 1.70 bits per heavy atom. The molecule has 0 spiro atoms. The number of alkyl halides is 2. The summed E-state index contributed by atoms with van der Waals surface area (Å²) in [6, 6.07) is -0.803. The second kappa shape index (κ2) is 4.03. The molecule has 0 aliphatic carbocycles. The van der Waals surface area contributed by atoms with Gasteiger partial charge in [-0.1, -0.05) is 0 Å². The largest absolute Gasteiger partial charge is 0.351 e. The Balaban J connectivity index is 3.72. The van der Waals surface area contributed by atoms with E-state index >= 15 is 0 Å². The fraction of sp³-hybridized carbons (Fsp3) is 0.800. The lowest BCUT2D eigenvalue weighted by molar-refractivity contribution is 0.103. The summed E-state index contributed by atoms with van der Waals surface area (Å²) >= 11 is 0. The van der Waals surface area contributed by atoms with Gasteiger partial charge in [0.2, 0.25) is 0 Å². The van der Waals surface area contributed by atoms with Crippen molar-refractivity contribution in [3.63, 3.8) is 0 Å². The van der Waals surface area contributed by atoms with E-state index in [0.717, 1.165) is 4.90 Å². The molecule has 0 aliphatic rings. The number of halogens is 2. The first-order valence-corrected chi connectivity index (χ1v) is 2.90. The highest BCUT2D eigenvalue weighted by atomic mass is 19.3. The van der Waals surface area contributed by atoms with Crippen LogP contribution in [0.2, 0.25) is 0 Å². The van der Waals surface area contributed by atoms with Gasteiger partial charge in [-0.05, 0) is 6.92 Å². The Hall–Kier alpha value is -0.870. The zero-order valence-electron chi connectivity index (χ0n) is 5.68. The maximum absolute atomic E-state index is 11.6. The van der Waals surface area contributed by atoms with Crippen LogP contribution in [-0.4, -0.2) is 30.4 Å². The molecule has 10 heavy (non-hydrogen) atoms. The third-order valence-electron chi connectivity index (χ3n) is 1.05. The molecule has 0 bridgehead atoms. The number of nitrogens with zero attached hydrogens (tertiary/aromatic N) is 1. The second-order valence-electron chi connectivity index (χ2n) is 1.77. The Labute approximate surface area is 57.8 Å². The van der Waals surface area contributed by atoms with E-state index in [9.17, 15) is 13.6 Å². The minimum atomic E-state index is -2.51. The monoisotopic (exact) mass is 152 g/mol. The molecule has 0 fully saturated rings. The van der Waals surface area contributed by atoms with Gasteiger partial charge in [0.1, 0.15) is 0 Å². The van der Waals surface area contributed by atoms with E-state index in [1.54, 1.807) is 6.92 Å². The smallest absolute Gasteiger partial charge is 0.314 e. The van der Waals surface area contributed by atoms with Gasteiger partial charge >= 0.3 is 6.03 Å². The number of carbonyl (C=O) groups excluding carboxylic acids is 1. The molecule has 0 saturated heterocycles. The van der Waals surface area contributed by atoms with Crippen molar-refractivity contribution in [3.05, 3.63) is 0 Å². The molecule has 0 aliphatic heterocycles. The van der Waals surface area contributed by atoms with Crippen LogP contribution in [0.3, 0.4) is 0 Å². The lowest BCUT2D eigenvalue weighted by Gasteiger charge is -2.16. The van der Waals surface area contributed by atoms with E-state index in [1.165, 1.54) is 0 Å². The summed E-state index contributed by atoms with van der Waals surface area (Å²) in [7, 11) is 0. The summed E-state index contributed by atoms with van der Waals surface area (Å²) in [6.45, 7) is 1.23. The lowest BCUT2D eigenvalue weighted by Crippen LogP contribution is -2.38. The number of carbonyl (C=O) groups is 1. The maximum atomic E-state index is 11.6. The fourth-order valence-corrected chi connectivity index (χ4v) is 0.542. The third-order valence-corrected chi connectivity index (χ3v) is 1.05. The normalized spacial score (nSPS) is 10.0. The molecule has 0 aromatic carbocycles. The van der Waals surface area contributed by atoms with Gasteiger partial charge in [-0.25, -0.2) is 13.6 Å². The number of nitrogens with two attached hydrogens (primary N) is 1. The third kappa shape index (κ3) is 3.21. The van der Waals surface area contributed by atoms with Crippen LogP contribution in [0.5, 0.6) is 0 Å². The van der Waals surface area contributed by atoms with Gasteiger partial charge in [0.25, 0.3) is 6.43 Å². The Morgan fingerprint density at radius 2 is 2.20 bits per heavy atom. The van der Waals surface area contributed by atoms with E-state index in [0.29, 0.717) is 0 Å². The van der Waals surface area contributed by atoms with Gasteiger partial charge in [-0.2, -0.15) is 0 Å². The Morgan fingerprint density at radius 3 is 2.30 bits per heavy atom. The SMILES string of the molecule is CCN(CC(F)F)C(N)=O. The molecule has 0 aromatic rings. The molecule has 60 valence electrons. The highest BCUT2D eigenvalue weighted by Gasteiger charge is 2.12. The summed E-state index contributed by atoms with van der Waals surface area (Å²) in [5.41, 5.74) is 4.75. The number of urea groups is 1. The average Bonchev–Trinajstić information content (AvgIpc) is 1.81. The van der Waals surface area contributed by atoms with Crippen molar-refractivity contribution in [2.45, 2.75) is 13.3 Å². The van der Waals surface area contributed by atoms with Gasteiger partial charge in [0.15, 0.2) is 0 Å². The van der Waals surface area contributed by atoms with Crippen LogP contribution in [0.1, 0.15) is 6.92 Å². The highest BCUT2D eigenvalue weighted by molar-refractivity contribution is 5.71. The van der Waals surface area contributed by atoms with Crippen LogP contribution in [-0.2, 0) is 0 Å². The van der Waals surface area contributed by atoms with Crippen molar-refractivity contribution in [1.29, 1.82) is 0 Å². The first-order chi connectivity index (χ1) is 4.57. The number of rotatable bonds is 3. The maximum Gasteiger partial charge on any atom is 0.314 e. The van der Waals surface area contributed by atoms with Gasteiger partial charge < -0.3 is 10.6 Å². The zero-order valence-corrected chi connectivity index (χ0v) is 5.68. The van der Waals surface area contributed by atoms with Crippen molar-refractivity contribution in [3.8, 4) is 0 Å². The predicted molar refractivity (Wildman–Crippen MR) is 32.8 cm³/mol. The molecular formula is C5H10F2N2O. The van der Waals surface area contributed by atoms with Crippen LogP contribution >= 0.6 is 0 Å². The summed E-state index contributed by atoms with van der Waals surface area (Å²) in [5.74, 6) is 0. The molecule has 0 saturated carbocycles. The molecular weight excluding hydrogens is 142 g/mol. The van der Waals surface area contributed by atoms with Gasteiger partial charge in [0, 0.05) is 6.54 Å². The Kier molecular flexibility index (Phi) is 3.68. The molecule has 0 rings (SSSR count). The lowest BCUT2D eigenvalue weighted by atomic mass is 10.5. The van der Waals surface area contributed by atoms with E-state index < -0.39 is 19.0 Å². The molecule has 0 radical (unpaired) electrons. The van der Waals surface area contributed by atoms with Crippen molar-refractivity contribution in [1.82, 2.24) is 4.90 Å². The number of amides is 2. The van der Waals surface area contributed by atoms with E-state index in [4.69, 9.17) is 5.73 Å². The van der Waals surface area contributed by atoms with Gasteiger partial charge in [-0.15, -0.1) is 0 Å². The second-order valence-corrected chi connectivity index (χ2v) is 1.77. The van der Waals surface area contributed by atoms with Crippen molar-refractivity contribution < 1.29 is 13.6 Å². The molecule has 5 heteroatoms. The minimum absolute atomic E-state index is 0.222. The van der Waals surface area contributed by atoms with Crippen LogP contribution in [0.25, 0.3) is 0 Å². The Bertz CT molecular complexity index is 118. The van der Waals surface area contributed by atoms with Gasteiger partial charge in [-0.3, -0.25) is 0 Å². The standard InChI is InChI=1S/C5H10F2N2O/c1-2-9(5(8)10)3-4(6)7/h4H,2-3H2,1H3,(H2,8,10). The molecule has 0 aromatic heterocycles. The van der Waals surface area contributed by atoms with Crippen LogP contribution < -0.4 is 5.73 Å². The first kappa shape index (κ1) is 9.13. The summed E-state index contributed by atoms with van der Waals surface area (Å²) < 4.78 is 23.2. The molecule has 0 unspecified atom stereocenters. The summed E-state index contributed by atoms with van der Waals surface area (Å²) in [5, 5.41) is 0. The van der Waals surface area contributed by atoms with Crippen molar-refractivity contribution in [2.24, 2.45) is 5.73 Å². The van der Waals surface area contributed by atoms with Crippen molar-refractivity contribution in [2.75, 3.05) is 13.1 Å². The quantitative estimate of drug-likeness (QED) is 0.634. The van der Waals surface area contributed by atoms with Crippen LogP contribution in [0.15, 0.2) is 0 Å². The van der Waals surface area contributed by atoms with Gasteiger partial charge in [0.05, 0.1) is 6.54 Å². The predicted octanol–water partition coefficient (Wildman–Crippen LogP) is 0.652. The minimum Gasteiger partial charge on any atom is -0.351 e. The fourth-order valence-electron chi connectivity index (χ4n) is 0.542. The van der Waals surface area contributed by atoms with E-state index in [2.05, 4.69) is 0 Å². The van der Waals surface area contributed by atoms with Crippen LogP contribution in [0, 0.1) is 0 Å².